The Labute approximate surface area is 143 Å². The first-order valence-electron chi connectivity index (χ1n) is 7.71. The van der Waals surface area contributed by atoms with E-state index in [0.29, 0.717) is 34.0 Å². The summed E-state index contributed by atoms with van der Waals surface area (Å²) >= 11 is 0. The summed E-state index contributed by atoms with van der Waals surface area (Å²) in [6, 6.07) is 6.27. The number of fused-ring (bicyclic) bond motifs is 1. The number of benzene rings is 1. The van der Waals surface area contributed by atoms with Gasteiger partial charge >= 0.3 is 0 Å². The largest absolute Gasteiger partial charge is 0.320 e. The zero-order valence-corrected chi connectivity index (χ0v) is 13.8. The standard InChI is InChI=1S/C18H16N4O3/c1-11(2)6-7-14-17(12-4-3-5-13(8-12)22(24)25)15-9-19-20-10-16(15)21-18(14)23/h3-6,8-10H,7H2,1-2H3,(H,21,23). The Morgan fingerprint density at radius 1 is 1.28 bits per heavy atom. The second kappa shape index (κ2) is 6.64. The van der Waals surface area contributed by atoms with Gasteiger partial charge in [0, 0.05) is 28.6 Å². The summed E-state index contributed by atoms with van der Waals surface area (Å²) in [5, 5.41) is 19.5. The molecule has 0 amide bonds. The molecule has 0 spiro atoms. The minimum absolute atomic E-state index is 0.0267. The maximum Gasteiger partial charge on any atom is 0.270 e. The van der Waals surface area contributed by atoms with Crippen LogP contribution in [-0.4, -0.2) is 20.1 Å². The van der Waals surface area contributed by atoms with Crippen LogP contribution in [0.15, 0.2) is 53.1 Å². The lowest BCUT2D eigenvalue weighted by molar-refractivity contribution is -0.384. The van der Waals surface area contributed by atoms with Crippen molar-refractivity contribution in [2.24, 2.45) is 0 Å². The predicted octanol–water partition coefficient (Wildman–Crippen LogP) is 3.40. The monoisotopic (exact) mass is 336 g/mol. The zero-order chi connectivity index (χ0) is 18.0. The predicted molar refractivity (Wildman–Crippen MR) is 95.4 cm³/mol. The Morgan fingerprint density at radius 2 is 2.04 bits per heavy atom. The van der Waals surface area contributed by atoms with Crippen LogP contribution in [0, 0.1) is 10.1 Å². The lowest BCUT2D eigenvalue weighted by Gasteiger charge is -2.11. The van der Waals surface area contributed by atoms with Gasteiger partial charge in [0.2, 0.25) is 0 Å². The first kappa shape index (κ1) is 16.5. The summed E-state index contributed by atoms with van der Waals surface area (Å²) in [6.45, 7) is 3.90. The van der Waals surface area contributed by atoms with Crippen LogP contribution >= 0.6 is 0 Å². The first-order chi connectivity index (χ1) is 12.0. The van der Waals surface area contributed by atoms with Crippen LogP contribution in [-0.2, 0) is 6.42 Å². The van der Waals surface area contributed by atoms with E-state index in [2.05, 4.69) is 15.2 Å². The molecular formula is C18H16N4O3. The van der Waals surface area contributed by atoms with Crippen molar-refractivity contribution in [3.8, 4) is 11.1 Å². The Morgan fingerprint density at radius 3 is 2.76 bits per heavy atom. The third kappa shape index (κ3) is 3.30. The number of hydrogen-bond acceptors (Lipinski definition) is 5. The molecule has 0 aliphatic rings. The van der Waals surface area contributed by atoms with Gasteiger partial charge in [-0.3, -0.25) is 14.9 Å². The molecule has 3 rings (SSSR count). The smallest absolute Gasteiger partial charge is 0.270 e. The molecule has 0 atom stereocenters. The number of non-ortho nitro benzene ring substituents is 1. The molecule has 7 heteroatoms. The van der Waals surface area contributed by atoms with Crippen LogP contribution in [0.5, 0.6) is 0 Å². The summed E-state index contributed by atoms with van der Waals surface area (Å²) in [6.07, 6.45) is 5.41. The van der Waals surface area contributed by atoms with Crippen LogP contribution in [0.3, 0.4) is 0 Å². The topological polar surface area (TPSA) is 102 Å². The quantitative estimate of drug-likeness (QED) is 0.447. The van der Waals surface area contributed by atoms with Crippen molar-refractivity contribution in [2.75, 3.05) is 0 Å². The van der Waals surface area contributed by atoms with E-state index in [0.717, 1.165) is 5.57 Å². The second-order valence-electron chi connectivity index (χ2n) is 5.92. The SMILES string of the molecule is CC(C)=CCc1c(-c2cccc([N+](=O)[O-])c2)c2cnncc2[nH]c1=O. The molecule has 7 nitrogen and oxygen atoms in total. The van der Waals surface area contributed by atoms with E-state index < -0.39 is 4.92 Å². The molecular weight excluding hydrogens is 320 g/mol. The van der Waals surface area contributed by atoms with Crippen molar-refractivity contribution in [3.63, 3.8) is 0 Å². The van der Waals surface area contributed by atoms with Gasteiger partial charge in [0.15, 0.2) is 0 Å². The molecule has 0 aliphatic heterocycles. The lowest BCUT2D eigenvalue weighted by Crippen LogP contribution is -2.14. The van der Waals surface area contributed by atoms with Gasteiger partial charge in [-0.05, 0) is 25.8 Å². The number of hydrogen-bond donors (Lipinski definition) is 1. The number of nitrogens with zero attached hydrogens (tertiary/aromatic N) is 3. The number of nitrogens with one attached hydrogen (secondary N) is 1. The van der Waals surface area contributed by atoms with Crippen LogP contribution in [0.1, 0.15) is 19.4 Å². The van der Waals surface area contributed by atoms with E-state index in [1.165, 1.54) is 18.3 Å². The number of pyridine rings is 1. The Bertz CT molecular complexity index is 1050. The maximum absolute atomic E-state index is 12.6. The fraction of sp³-hybridized carbons (Fsp3) is 0.167. The normalized spacial score (nSPS) is 10.6. The fourth-order valence-electron chi connectivity index (χ4n) is 2.70. The summed E-state index contributed by atoms with van der Waals surface area (Å²) in [4.78, 5) is 26.1. The molecule has 0 saturated carbocycles. The van der Waals surface area contributed by atoms with Crippen molar-refractivity contribution in [2.45, 2.75) is 20.3 Å². The summed E-state index contributed by atoms with van der Waals surface area (Å²) in [7, 11) is 0. The number of allylic oxidation sites excluding steroid dienone is 2. The van der Waals surface area contributed by atoms with E-state index in [1.54, 1.807) is 18.3 Å². The Kier molecular flexibility index (Phi) is 4.38. The first-order valence-corrected chi connectivity index (χ1v) is 7.71. The van der Waals surface area contributed by atoms with E-state index in [1.807, 2.05) is 19.9 Å². The van der Waals surface area contributed by atoms with Crippen LogP contribution in [0.25, 0.3) is 22.0 Å². The summed E-state index contributed by atoms with van der Waals surface area (Å²) in [5.74, 6) is 0. The molecule has 0 unspecified atom stereocenters. The van der Waals surface area contributed by atoms with E-state index in [9.17, 15) is 14.9 Å². The zero-order valence-electron chi connectivity index (χ0n) is 13.8. The van der Waals surface area contributed by atoms with Gasteiger partial charge in [-0.25, -0.2) is 0 Å². The van der Waals surface area contributed by atoms with Gasteiger partial charge in [-0.15, -0.1) is 0 Å². The summed E-state index contributed by atoms with van der Waals surface area (Å²) in [5.41, 5.74) is 3.16. The van der Waals surface area contributed by atoms with Gasteiger partial charge in [-0.2, -0.15) is 10.2 Å². The maximum atomic E-state index is 12.6. The van der Waals surface area contributed by atoms with Crippen LogP contribution < -0.4 is 5.56 Å². The van der Waals surface area contributed by atoms with Gasteiger partial charge in [-0.1, -0.05) is 23.8 Å². The van der Waals surface area contributed by atoms with Crippen LogP contribution in [0.2, 0.25) is 0 Å². The highest BCUT2D eigenvalue weighted by molar-refractivity contribution is 5.95. The number of aromatic nitrogens is 3. The highest BCUT2D eigenvalue weighted by atomic mass is 16.6. The number of nitro benzene ring substituents is 1. The van der Waals surface area contributed by atoms with Crippen molar-refractivity contribution >= 4 is 16.6 Å². The van der Waals surface area contributed by atoms with Gasteiger partial charge in [0.25, 0.3) is 11.2 Å². The van der Waals surface area contributed by atoms with Crippen molar-refractivity contribution < 1.29 is 4.92 Å². The number of aromatic amines is 1. The van der Waals surface area contributed by atoms with E-state index >= 15 is 0 Å². The molecule has 0 bridgehead atoms. The molecule has 1 aromatic carbocycles. The van der Waals surface area contributed by atoms with E-state index in [-0.39, 0.29) is 11.2 Å². The number of H-pyrrole nitrogens is 1. The minimum atomic E-state index is -0.450. The molecule has 0 fully saturated rings. The van der Waals surface area contributed by atoms with Gasteiger partial charge in [0.1, 0.15) is 0 Å². The second-order valence-corrected chi connectivity index (χ2v) is 5.92. The highest BCUT2D eigenvalue weighted by Crippen LogP contribution is 2.31. The number of rotatable bonds is 4. The molecule has 2 aromatic heterocycles. The molecule has 25 heavy (non-hydrogen) atoms. The molecule has 2 heterocycles. The minimum Gasteiger partial charge on any atom is -0.320 e. The average molecular weight is 336 g/mol. The third-order valence-electron chi connectivity index (χ3n) is 3.88. The third-order valence-corrected chi connectivity index (χ3v) is 3.88. The summed E-state index contributed by atoms with van der Waals surface area (Å²) < 4.78 is 0. The van der Waals surface area contributed by atoms with Gasteiger partial charge in [0.05, 0.1) is 22.8 Å². The fourth-order valence-corrected chi connectivity index (χ4v) is 2.70. The molecule has 0 aliphatic carbocycles. The molecule has 126 valence electrons. The van der Waals surface area contributed by atoms with Crippen molar-refractivity contribution in [3.05, 3.63) is 74.3 Å². The van der Waals surface area contributed by atoms with Crippen molar-refractivity contribution in [1.82, 2.24) is 15.2 Å². The average Bonchev–Trinajstić information content (AvgIpc) is 2.59. The van der Waals surface area contributed by atoms with Crippen molar-refractivity contribution in [1.29, 1.82) is 0 Å². The molecule has 0 saturated heterocycles. The highest BCUT2D eigenvalue weighted by Gasteiger charge is 2.16. The molecule has 1 N–H and O–H groups in total. The van der Waals surface area contributed by atoms with E-state index in [4.69, 9.17) is 0 Å². The Balaban J connectivity index is 2.36. The lowest BCUT2D eigenvalue weighted by atomic mass is 9.95. The Hall–Kier alpha value is -3.35. The molecule has 0 radical (unpaired) electrons. The number of nitro groups is 1. The van der Waals surface area contributed by atoms with Crippen LogP contribution in [0.4, 0.5) is 5.69 Å². The molecule has 3 aromatic rings. The van der Waals surface area contributed by atoms with Gasteiger partial charge < -0.3 is 4.98 Å².